The summed E-state index contributed by atoms with van der Waals surface area (Å²) in [5.74, 6) is 0.0346. The highest BCUT2D eigenvalue weighted by Crippen LogP contribution is 2.12. The Kier molecular flexibility index (Phi) is 3.33. The fourth-order valence-corrected chi connectivity index (χ4v) is 1.33. The van der Waals surface area contributed by atoms with Gasteiger partial charge >= 0.3 is 0 Å². The van der Waals surface area contributed by atoms with Crippen LogP contribution in [0.25, 0.3) is 0 Å². The van der Waals surface area contributed by atoms with Gasteiger partial charge in [-0.1, -0.05) is 15.9 Å². The lowest BCUT2D eigenvalue weighted by atomic mass is 10.1. The molecule has 64 valence electrons. The number of amides is 1. The first-order valence-corrected chi connectivity index (χ1v) is 4.83. The van der Waals surface area contributed by atoms with Crippen molar-refractivity contribution in [2.45, 2.75) is 25.5 Å². The molecule has 1 heterocycles. The smallest absolute Gasteiger partial charge is 0.230 e. The van der Waals surface area contributed by atoms with Crippen LogP contribution in [-0.2, 0) is 9.53 Å². The minimum absolute atomic E-state index is 0.0346. The molecule has 2 atom stereocenters. The molecule has 1 aliphatic heterocycles. The van der Waals surface area contributed by atoms with Gasteiger partial charge in [0, 0.05) is 6.61 Å². The quantitative estimate of drug-likeness (QED) is 0.697. The molecule has 4 heteroatoms. The Morgan fingerprint density at radius 3 is 3.00 bits per heavy atom. The van der Waals surface area contributed by atoms with Gasteiger partial charge in [-0.2, -0.15) is 0 Å². The molecule has 2 unspecified atom stereocenters. The maximum atomic E-state index is 10.9. The van der Waals surface area contributed by atoms with Crippen LogP contribution in [0.3, 0.4) is 0 Å². The zero-order valence-corrected chi connectivity index (χ0v) is 8.06. The molecule has 0 bridgehead atoms. The summed E-state index contributed by atoms with van der Waals surface area (Å²) in [6.07, 6.45) is 1.10. The van der Waals surface area contributed by atoms with Crippen molar-refractivity contribution in [3.05, 3.63) is 0 Å². The summed E-state index contributed by atoms with van der Waals surface area (Å²) in [6.45, 7) is 2.74. The number of hydrogen-bond acceptors (Lipinski definition) is 2. The summed E-state index contributed by atoms with van der Waals surface area (Å²) < 4.78 is 5.28. The molecule has 0 saturated carbocycles. The first-order chi connectivity index (χ1) is 5.24. The van der Waals surface area contributed by atoms with Crippen molar-refractivity contribution in [1.29, 1.82) is 0 Å². The van der Waals surface area contributed by atoms with Gasteiger partial charge in [-0.05, 0) is 13.3 Å². The van der Waals surface area contributed by atoms with Gasteiger partial charge in [0.2, 0.25) is 5.91 Å². The Bertz CT molecular complexity index is 151. The van der Waals surface area contributed by atoms with E-state index in [0.29, 0.717) is 5.33 Å². The Balaban J connectivity index is 2.30. The number of nitrogens with one attached hydrogen (secondary N) is 1. The number of carbonyl (C=O) groups is 1. The Labute approximate surface area is 74.6 Å². The van der Waals surface area contributed by atoms with Crippen molar-refractivity contribution in [2.75, 3.05) is 11.9 Å². The lowest BCUT2D eigenvalue weighted by molar-refractivity contribution is -0.119. The SMILES string of the molecule is CC1OCCC1NC(=O)CBr. The number of rotatable bonds is 2. The molecule has 1 rings (SSSR count). The van der Waals surface area contributed by atoms with E-state index in [-0.39, 0.29) is 18.1 Å². The maximum Gasteiger partial charge on any atom is 0.230 e. The molecule has 0 aromatic heterocycles. The number of alkyl halides is 1. The summed E-state index contributed by atoms with van der Waals surface area (Å²) in [6, 6.07) is 0.208. The van der Waals surface area contributed by atoms with Crippen LogP contribution in [0.1, 0.15) is 13.3 Å². The van der Waals surface area contributed by atoms with Crippen LogP contribution in [0.15, 0.2) is 0 Å². The third-order valence-electron chi connectivity index (χ3n) is 1.84. The van der Waals surface area contributed by atoms with E-state index in [2.05, 4.69) is 21.2 Å². The van der Waals surface area contributed by atoms with Crippen molar-refractivity contribution in [1.82, 2.24) is 5.32 Å². The molecule has 1 fully saturated rings. The van der Waals surface area contributed by atoms with Gasteiger partial charge in [0.05, 0.1) is 17.5 Å². The molecule has 1 aliphatic rings. The van der Waals surface area contributed by atoms with Crippen LogP contribution in [0.4, 0.5) is 0 Å². The highest BCUT2D eigenvalue weighted by atomic mass is 79.9. The molecule has 0 radical (unpaired) electrons. The Hall–Kier alpha value is -0.0900. The van der Waals surface area contributed by atoms with E-state index >= 15 is 0 Å². The maximum absolute atomic E-state index is 10.9. The zero-order chi connectivity index (χ0) is 8.27. The van der Waals surface area contributed by atoms with E-state index < -0.39 is 0 Å². The largest absolute Gasteiger partial charge is 0.376 e. The minimum Gasteiger partial charge on any atom is -0.376 e. The second-order valence-electron chi connectivity index (χ2n) is 2.67. The van der Waals surface area contributed by atoms with Crippen molar-refractivity contribution in [3.8, 4) is 0 Å². The van der Waals surface area contributed by atoms with E-state index in [1.807, 2.05) is 6.92 Å². The molecule has 0 aliphatic carbocycles. The topological polar surface area (TPSA) is 38.3 Å². The van der Waals surface area contributed by atoms with Crippen LogP contribution in [-0.4, -0.2) is 30.0 Å². The van der Waals surface area contributed by atoms with E-state index in [0.717, 1.165) is 13.0 Å². The van der Waals surface area contributed by atoms with Crippen molar-refractivity contribution in [2.24, 2.45) is 0 Å². The molecular formula is C7H12BrNO2. The van der Waals surface area contributed by atoms with Gasteiger partial charge in [-0.15, -0.1) is 0 Å². The highest BCUT2D eigenvalue weighted by molar-refractivity contribution is 9.09. The molecule has 1 amide bonds. The first kappa shape index (κ1) is 9.00. The Morgan fingerprint density at radius 1 is 1.82 bits per heavy atom. The number of hydrogen-bond donors (Lipinski definition) is 1. The average Bonchev–Trinajstić information content (AvgIpc) is 2.37. The third-order valence-corrected chi connectivity index (χ3v) is 2.35. The molecule has 0 aromatic rings. The van der Waals surface area contributed by atoms with E-state index in [4.69, 9.17) is 4.74 Å². The lowest BCUT2D eigenvalue weighted by Gasteiger charge is -2.14. The van der Waals surface area contributed by atoms with E-state index in [1.165, 1.54) is 0 Å². The fourth-order valence-electron chi connectivity index (χ4n) is 1.17. The van der Waals surface area contributed by atoms with Gasteiger partial charge in [-0.3, -0.25) is 4.79 Å². The second kappa shape index (κ2) is 4.07. The summed E-state index contributed by atoms with van der Waals surface area (Å²) in [7, 11) is 0. The molecule has 1 N–H and O–H groups in total. The standard InChI is InChI=1S/C7H12BrNO2/c1-5-6(2-3-11-5)9-7(10)4-8/h5-6H,2-4H2,1H3,(H,9,10). The average molecular weight is 222 g/mol. The second-order valence-corrected chi connectivity index (χ2v) is 3.23. The van der Waals surface area contributed by atoms with Gasteiger partial charge in [0.15, 0.2) is 0 Å². The normalized spacial score (nSPS) is 30.4. The van der Waals surface area contributed by atoms with Crippen LogP contribution in [0.5, 0.6) is 0 Å². The molecule has 1 saturated heterocycles. The molecule has 0 aromatic carbocycles. The number of halogens is 1. The summed E-state index contributed by atoms with van der Waals surface area (Å²) >= 11 is 3.09. The van der Waals surface area contributed by atoms with Gasteiger partial charge in [0.25, 0.3) is 0 Å². The third kappa shape index (κ3) is 2.45. The number of ether oxygens (including phenoxy) is 1. The summed E-state index contributed by atoms with van der Waals surface area (Å²) in [5, 5.41) is 3.24. The van der Waals surface area contributed by atoms with Crippen molar-refractivity contribution in [3.63, 3.8) is 0 Å². The molecule has 3 nitrogen and oxygen atoms in total. The van der Waals surface area contributed by atoms with Gasteiger partial charge in [0.1, 0.15) is 0 Å². The molecule has 11 heavy (non-hydrogen) atoms. The summed E-state index contributed by atoms with van der Waals surface area (Å²) in [5.41, 5.74) is 0. The van der Waals surface area contributed by atoms with Crippen LogP contribution < -0.4 is 5.32 Å². The van der Waals surface area contributed by atoms with Crippen LogP contribution >= 0.6 is 15.9 Å². The van der Waals surface area contributed by atoms with Crippen molar-refractivity contribution < 1.29 is 9.53 Å². The lowest BCUT2D eigenvalue weighted by Crippen LogP contribution is -2.39. The number of carbonyl (C=O) groups excluding carboxylic acids is 1. The predicted molar refractivity (Wildman–Crippen MR) is 45.8 cm³/mol. The fraction of sp³-hybridized carbons (Fsp3) is 0.857. The van der Waals surface area contributed by atoms with E-state index in [9.17, 15) is 4.79 Å². The Morgan fingerprint density at radius 2 is 2.55 bits per heavy atom. The van der Waals surface area contributed by atoms with Gasteiger partial charge < -0.3 is 10.1 Å². The molecular weight excluding hydrogens is 210 g/mol. The molecule has 0 spiro atoms. The van der Waals surface area contributed by atoms with E-state index in [1.54, 1.807) is 0 Å². The monoisotopic (exact) mass is 221 g/mol. The first-order valence-electron chi connectivity index (χ1n) is 3.71. The minimum atomic E-state index is 0.0346. The predicted octanol–water partition coefficient (Wildman–Crippen LogP) is 0.675. The summed E-state index contributed by atoms with van der Waals surface area (Å²) in [4.78, 5) is 10.9. The van der Waals surface area contributed by atoms with Crippen LogP contribution in [0, 0.1) is 0 Å². The highest BCUT2D eigenvalue weighted by Gasteiger charge is 2.24. The van der Waals surface area contributed by atoms with Crippen LogP contribution in [0.2, 0.25) is 0 Å². The van der Waals surface area contributed by atoms with Crippen molar-refractivity contribution >= 4 is 21.8 Å². The zero-order valence-electron chi connectivity index (χ0n) is 6.47. The van der Waals surface area contributed by atoms with Gasteiger partial charge in [-0.25, -0.2) is 0 Å².